The van der Waals surface area contributed by atoms with E-state index in [1.165, 1.54) is 5.56 Å². The van der Waals surface area contributed by atoms with Crippen molar-refractivity contribution in [3.8, 4) is 0 Å². The van der Waals surface area contributed by atoms with E-state index in [4.69, 9.17) is 0 Å². The van der Waals surface area contributed by atoms with Gasteiger partial charge in [0.15, 0.2) is 0 Å². The molecule has 25 heavy (non-hydrogen) atoms. The van der Waals surface area contributed by atoms with E-state index in [0.717, 1.165) is 30.5 Å². The molecule has 2 amide bonds. The van der Waals surface area contributed by atoms with Crippen molar-refractivity contribution < 1.29 is 9.59 Å². The third-order valence-electron chi connectivity index (χ3n) is 4.24. The molecule has 0 unspecified atom stereocenters. The van der Waals surface area contributed by atoms with Crippen molar-refractivity contribution in [3.63, 3.8) is 0 Å². The van der Waals surface area contributed by atoms with E-state index < -0.39 is 0 Å². The molecule has 0 spiro atoms. The summed E-state index contributed by atoms with van der Waals surface area (Å²) >= 11 is 0. The van der Waals surface area contributed by atoms with Crippen LogP contribution in [-0.2, 0) is 0 Å². The lowest BCUT2D eigenvalue weighted by molar-refractivity contribution is 0.0951. The van der Waals surface area contributed by atoms with Gasteiger partial charge in [-0.15, -0.1) is 0 Å². The Morgan fingerprint density at radius 3 is 2.08 bits per heavy atom. The molecule has 0 aromatic heterocycles. The Kier molecular flexibility index (Phi) is 6.75. The van der Waals surface area contributed by atoms with Crippen molar-refractivity contribution in [1.29, 1.82) is 0 Å². The van der Waals surface area contributed by atoms with Crippen molar-refractivity contribution in [2.45, 2.75) is 40.0 Å². The van der Waals surface area contributed by atoms with Crippen LogP contribution in [0, 0.1) is 13.8 Å². The first-order chi connectivity index (χ1) is 12.0. The van der Waals surface area contributed by atoms with E-state index in [9.17, 15) is 9.59 Å². The lowest BCUT2D eigenvalue weighted by Crippen LogP contribution is -2.24. The van der Waals surface area contributed by atoms with E-state index in [1.807, 2.05) is 32.0 Å². The first-order valence-electron chi connectivity index (χ1n) is 8.78. The van der Waals surface area contributed by atoms with Gasteiger partial charge in [0.2, 0.25) is 0 Å². The highest BCUT2D eigenvalue weighted by Gasteiger charge is 2.09. The molecule has 4 nitrogen and oxygen atoms in total. The maximum atomic E-state index is 12.3. The smallest absolute Gasteiger partial charge is 0.255 e. The van der Waals surface area contributed by atoms with Gasteiger partial charge >= 0.3 is 0 Å². The SMILES string of the molecule is CCCCCNC(=O)c1ccc(C(=O)Nc2ccc(C)c(C)c2)cc1. The summed E-state index contributed by atoms with van der Waals surface area (Å²) < 4.78 is 0. The maximum absolute atomic E-state index is 12.3. The van der Waals surface area contributed by atoms with Crippen LogP contribution < -0.4 is 10.6 Å². The molecule has 0 fully saturated rings. The Labute approximate surface area is 149 Å². The molecular formula is C21H26N2O2. The molecule has 2 rings (SSSR count). The van der Waals surface area contributed by atoms with E-state index >= 15 is 0 Å². The van der Waals surface area contributed by atoms with E-state index in [1.54, 1.807) is 24.3 Å². The van der Waals surface area contributed by atoms with Gasteiger partial charge in [-0.25, -0.2) is 0 Å². The highest BCUT2D eigenvalue weighted by molar-refractivity contribution is 6.05. The molecule has 4 heteroatoms. The highest BCUT2D eigenvalue weighted by Crippen LogP contribution is 2.15. The second kappa shape index (κ2) is 9.02. The number of hydrogen-bond donors (Lipinski definition) is 2. The monoisotopic (exact) mass is 338 g/mol. The van der Waals surface area contributed by atoms with Crippen LogP contribution in [0.15, 0.2) is 42.5 Å². The van der Waals surface area contributed by atoms with Crippen molar-refractivity contribution in [2.75, 3.05) is 11.9 Å². The lowest BCUT2D eigenvalue weighted by Gasteiger charge is -2.09. The average Bonchev–Trinajstić information content (AvgIpc) is 2.62. The van der Waals surface area contributed by atoms with Crippen LogP contribution >= 0.6 is 0 Å². The third kappa shape index (κ3) is 5.45. The fourth-order valence-electron chi connectivity index (χ4n) is 2.47. The summed E-state index contributed by atoms with van der Waals surface area (Å²) in [7, 11) is 0. The Morgan fingerprint density at radius 2 is 1.48 bits per heavy atom. The summed E-state index contributed by atoms with van der Waals surface area (Å²) in [5.41, 5.74) is 4.19. The van der Waals surface area contributed by atoms with Crippen molar-refractivity contribution in [3.05, 3.63) is 64.7 Å². The zero-order chi connectivity index (χ0) is 18.2. The Balaban J connectivity index is 1.95. The van der Waals surface area contributed by atoms with Crippen LogP contribution in [0.3, 0.4) is 0 Å². The quantitative estimate of drug-likeness (QED) is 0.732. The fourth-order valence-corrected chi connectivity index (χ4v) is 2.47. The Hall–Kier alpha value is -2.62. The Bertz CT molecular complexity index is 736. The molecule has 0 aliphatic carbocycles. The second-order valence-corrected chi connectivity index (χ2v) is 6.29. The lowest BCUT2D eigenvalue weighted by atomic mass is 10.1. The minimum absolute atomic E-state index is 0.0998. The van der Waals surface area contributed by atoms with Gasteiger partial charge < -0.3 is 10.6 Å². The molecule has 0 saturated carbocycles. The summed E-state index contributed by atoms with van der Waals surface area (Å²) in [6, 6.07) is 12.5. The normalized spacial score (nSPS) is 10.4. The summed E-state index contributed by atoms with van der Waals surface area (Å²) in [4.78, 5) is 24.4. The van der Waals surface area contributed by atoms with Crippen molar-refractivity contribution >= 4 is 17.5 Å². The number of benzene rings is 2. The molecule has 132 valence electrons. The van der Waals surface area contributed by atoms with Gasteiger partial charge in [-0.05, 0) is 67.8 Å². The van der Waals surface area contributed by atoms with Gasteiger partial charge in [-0.1, -0.05) is 25.8 Å². The van der Waals surface area contributed by atoms with Crippen LogP contribution in [0.1, 0.15) is 58.0 Å². The summed E-state index contributed by atoms with van der Waals surface area (Å²) in [6.45, 7) is 6.86. The molecule has 0 bridgehead atoms. The number of aryl methyl sites for hydroxylation is 2. The number of anilines is 1. The van der Waals surface area contributed by atoms with Crippen LogP contribution in [0.4, 0.5) is 5.69 Å². The number of amides is 2. The first kappa shape index (κ1) is 18.7. The number of unbranched alkanes of at least 4 members (excludes halogenated alkanes) is 2. The minimum atomic E-state index is -0.182. The number of rotatable bonds is 7. The zero-order valence-corrected chi connectivity index (χ0v) is 15.2. The Morgan fingerprint density at radius 1 is 0.840 bits per heavy atom. The minimum Gasteiger partial charge on any atom is -0.352 e. The molecule has 0 radical (unpaired) electrons. The molecule has 0 atom stereocenters. The van der Waals surface area contributed by atoms with Crippen LogP contribution in [0.2, 0.25) is 0 Å². The molecular weight excluding hydrogens is 312 g/mol. The predicted octanol–water partition coefficient (Wildman–Crippen LogP) is 4.48. The topological polar surface area (TPSA) is 58.2 Å². The maximum Gasteiger partial charge on any atom is 0.255 e. The molecule has 0 heterocycles. The van der Waals surface area contributed by atoms with Gasteiger partial charge in [0.1, 0.15) is 0 Å². The summed E-state index contributed by atoms with van der Waals surface area (Å²) in [6.07, 6.45) is 3.22. The van der Waals surface area contributed by atoms with Crippen molar-refractivity contribution in [2.24, 2.45) is 0 Å². The number of nitrogens with one attached hydrogen (secondary N) is 2. The summed E-state index contributed by atoms with van der Waals surface area (Å²) in [5.74, 6) is -0.282. The molecule has 2 aromatic carbocycles. The largest absolute Gasteiger partial charge is 0.352 e. The van der Waals surface area contributed by atoms with E-state index in [-0.39, 0.29) is 11.8 Å². The highest BCUT2D eigenvalue weighted by atomic mass is 16.2. The predicted molar refractivity (Wildman–Crippen MR) is 102 cm³/mol. The molecule has 2 N–H and O–H groups in total. The van der Waals surface area contributed by atoms with Crippen molar-refractivity contribution in [1.82, 2.24) is 5.32 Å². The second-order valence-electron chi connectivity index (χ2n) is 6.29. The number of carbonyl (C=O) groups is 2. The van der Waals surface area contributed by atoms with Crippen LogP contribution in [0.5, 0.6) is 0 Å². The third-order valence-corrected chi connectivity index (χ3v) is 4.24. The number of carbonyl (C=O) groups excluding carboxylic acids is 2. The fraction of sp³-hybridized carbons (Fsp3) is 0.333. The zero-order valence-electron chi connectivity index (χ0n) is 15.2. The van der Waals surface area contributed by atoms with Gasteiger partial charge in [0.25, 0.3) is 11.8 Å². The molecule has 0 aliphatic rings. The van der Waals surface area contributed by atoms with Gasteiger partial charge in [-0.2, -0.15) is 0 Å². The molecule has 2 aromatic rings. The molecule has 0 saturated heterocycles. The van der Waals surface area contributed by atoms with Gasteiger partial charge in [0, 0.05) is 23.4 Å². The number of hydrogen-bond acceptors (Lipinski definition) is 2. The summed E-state index contributed by atoms with van der Waals surface area (Å²) in [5, 5.41) is 5.78. The van der Waals surface area contributed by atoms with E-state index in [2.05, 4.69) is 17.6 Å². The van der Waals surface area contributed by atoms with Crippen LogP contribution in [-0.4, -0.2) is 18.4 Å². The molecule has 0 aliphatic heterocycles. The van der Waals surface area contributed by atoms with Gasteiger partial charge in [0.05, 0.1) is 0 Å². The van der Waals surface area contributed by atoms with E-state index in [0.29, 0.717) is 17.7 Å². The van der Waals surface area contributed by atoms with Gasteiger partial charge in [-0.3, -0.25) is 9.59 Å². The standard InChI is InChI=1S/C21H26N2O2/c1-4-5-6-13-22-20(24)17-8-10-18(11-9-17)21(25)23-19-12-7-15(2)16(3)14-19/h7-12,14H,4-6,13H2,1-3H3,(H,22,24)(H,23,25). The first-order valence-corrected chi connectivity index (χ1v) is 8.78. The van der Waals surface area contributed by atoms with Crippen LogP contribution in [0.25, 0.3) is 0 Å². The average molecular weight is 338 g/mol.